The molecule has 0 amide bonds. The van der Waals surface area contributed by atoms with Gasteiger partial charge in [-0.3, -0.25) is 0 Å². The molecule has 2 aromatic heterocycles. The number of fused-ring (bicyclic) bond motifs is 5. The van der Waals surface area contributed by atoms with E-state index in [-0.39, 0.29) is 5.69 Å². The van der Waals surface area contributed by atoms with Crippen LogP contribution in [0, 0.1) is 0 Å². The molecule has 2 aromatic carbocycles. The van der Waals surface area contributed by atoms with Crippen molar-refractivity contribution < 1.29 is 4.74 Å². The molecule has 20 heavy (non-hydrogen) atoms. The van der Waals surface area contributed by atoms with Crippen molar-refractivity contribution >= 4 is 27.6 Å². The lowest BCUT2D eigenvalue weighted by molar-refractivity contribution is 0.415. The summed E-state index contributed by atoms with van der Waals surface area (Å²) in [6, 6.07) is 13.1. The Morgan fingerprint density at radius 2 is 2.05 bits per heavy atom. The standard InChI is InChI=1S/C15H11N3O2/c1-20-9-6-7-11-10(8-9)14-16-12-4-2-3-5-13(12)18(14)15(19)17-11/h2-8H,1H3,(H,17,19). The largest absolute Gasteiger partial charge is 0.497 e. The smallest absolute Gasteiger partial charge is 0.332 e. The SMILES string of the molecule is COc1ccc2[nH]c(=O)n3c4ccccc4nc3c2c1. The van der Waals surface area contributed by atoms with Gasteiger partial charge in [0.25, 0.3) is 0 Å². The molecule has 1 N–H and O–H groups in total. The molecule has 0 bridgehead atoms. The minimum Gasteiger partial charge on any atom is -0.497 e. The molecule has 0 aliphatic heterocycles. The normalized spacial score (nSPS) is 11.4. The molecule has 0 aliphatic rings. The van der Waals surface area contributed by atoms with Crippen molar-refractivity contribution in [3.63, 3.8) is 0 Å². The summed E-state index contributed by atoms with van der Waals surface area (Å²) in [6.45, 7) is 0. The number of aromatic nitrogens is 3. The number of ether oxygens (including phenoxy) is 1. The summed E-state index contributed by atoms with van der Waals surface area (Å²) in [5.74, 6) is 0.735. The van der Waals surface area contributed by atoms with E-state index in [2.05, 4.69) is 9.97 Å². The molecular weight excluding hydrogens is 254 g/mol. The summed E-state index contributed by atoms with van der Waals surface area (Å²) >= 11 is 0. The van der Waals surface area contributed by atoms with Gasteiger partial charge in [-0.15, -0.1) is 0 Å². The first-order chi connectivity index (χ1) is 9.78. The van der Waals surface area contributed by atoms with E-state index in [1.165, 1.54) is 0 Å². The van der Waals surface area contributed by atoms with Crippen molar-refractivity contribution in [2.24, 2.45) is 0 Å². The fourth-order valence-electron chi connectivity index (χ4n) is 2.53. The average Bonchev–Trinajstić information content (AvgIpc) is 2.87. The monoisotopic (exact) mass is 265 g/mol. The van der Waals surface area contributed by atoms with Crippen molar-refractivity contribution in [2.75, 3.05) is 7.11 Å². The first-order valence-corrected chi connectivity index (χ1v) is 6.25. The third kappa shape index (κ3) is 1.37. The minimum atomic E-state index is -0.189. The quantitative estimate of drug-likeness (QED) is 0.574. The number of imidazole rings is 1. The number of methoxy groups -OCH3 is 1. The number of hydrogen-bond donors (Lipinski definition) is 1. The Labute approximate surface area is 113 Å². The van der Waals surface area contributed by atoms with Crippen LogP contribution in [0.15, 0.2) is 47.3 Å². The second kappa shape index (κ2) is 3.84. The molecule has 0 saturated carbocycles. The number of H-pyrrole nitrogens is 1. The van der Waals surface area contributed by atoms with Gasteiger partial charge in [0.15, 0.2) is 5.65 Å². The summed E-state index contributed by atoms with van der Waals surface area (Å²) in [5, 5.41) is 0.861. The Balaban J connectivity index is 2.31. The van der Waals surface area contributed by atoms with Gasteiger partial charge in [0.1, 0.15) is 5.75 Å². The van der Waals surface area contributed by atoms with Gasteiger partial charge in [-0.2, -0.15) is 0 Å². The highest BCUT2D eigenvalue weighted by Gasteiger charge is 2.11. The van der Waals surface area contributed by atoms with Crippen molar-refractivity contribution in [3.05, 3.63) is 52.9 Å². The van der Waals surface area contributed by atoms with Crippen LogP contribution in [0.25, 0.3) is 27.6 Å². The van der Waals surface area contributed by atoms with Gasteiger partial charge >= 0.3 is 5.69 Å². The van der Waals surface area contributed by atoms with Crippen LogP contribution in [0.3, 0.4) is 0 Å². The van der Waals surface area contributed by atoms with Crippen LogP contribution in [0.4, 0.5) is 0 Å². The summed E-state index contributed by atoms with van der Waals surface area (Å²) in [5.41, 5.74) is 2.80. The fraction of sp³-hybridized carbons (Fsp3) is 0.0667. The first-order valence-electron chi connectivity index (χ1n) is 6.25. The fourth-order valence-corrected chi connectivity index (χ4v) is 2.53. The highest BCUT2D eigenvalue weighted by molar-refractivity contribution is 5.96. The number of para-hydroxylation sites is 2. The number of nitrogens with zero attached hydrogens (tertiary/aromatic N) is 2. The zero-order chi connectivity index (χ0) is 13.7. The van der Waals surface area contributed by atoms with E-state index >= 15 is 0 Å². The topological polar surface area (TPSA) is 59.4 Å². The molecule has 0 spiro atoms. The van der Waals surface area contributed by atoms with Gasteiger partial charge in [-0.05, 0) is 30.3 Å². The zero-order valence-electron chi connectivity index (χ0n) is 10.8. The van der Waals surface area contributed by atoms with E-state index < -0.39 is 0 Å². The van der Waals surface area contributed by atoms with Gasteiger partial charge in [0.05, 0.1) is 23.7 Å². The molecule has 4 rings (SSSR count). The Hall–Kier alpha value is -2.82. The number of aromatic amines is 1. The zero-order valence-corrected chi connectivity index (χ0v) is 10.8. The maximum absolute atomic E-state index is 12.3. The predicted octanol–water partition coefficient (Wildman–Crippen LogP) is 2.34. The summed E-state index contributed by atoms with van der Waals surface area (Å²) < 4.78 is 6.84. The van der Waals surface area contributed by atoms with E-state index in [1.807, 2.05) is 42.5 Å². The van der Waals surface area contributed by atoms with Crippen LogP contribution in [0.5, 0.6) is 5.75 Å². The molecule has 0 radical (unpaired) electrons. The molecule has 0 aliphatic carbocycles. The highest BCUT2D eigenvalue weighted by atomic mass is 16.5. The van der Waals surface area contributed by atoms with Crippen LogP contribution in [0.1, 0.15) is 0 Å². The Morgan fingerprint density at radius 3 is 2.90 bits per heavy atom. The van der Waals surface area contributed by atoms with Crippen LogP contribution >= 0.6 is 0 Å². The van der Waals surface area contributed by atoms with Crippen molar-refractivity contribution in [2.45, 2.75) is 0 Å². The molecule has 98 valence electrons. The van der Waals surface area contributed by atoms with Gasteiger partial charge in [0, 0.05) is 5.39 Å². The van der Waals surface area contributed by atoms with E-state index in [0.29, 0.717) is 5.65 Å². The Kier molecular flexibility index (Phi) is 2.12. The van der Waals surface area contributed by atoms with Crippen LogP contribution in [0.2, 0.25) is 0 Å². The van der Waals surface area contributed by atoms with Crippen molar-refractivity contribution in [1.29, 1.82) is 0 Å². The molecule has 2 heterocycles. The molecule has 0 fully saturated rings. The van der Waals surface area contributed by atoms with Crippen LogP contribution in [-0.4, -0.2) is 21.5 Å². The second-order valence-corrected chi connectivity index (χ2v) is 4.60. The third-order valence-corrected chi connectivity index (χ3v) is 3.47. The molecule has 5 nitrogen and oxygen atoms in total. The summed E-state index contributed by atoms with van der Waals surface area (Å²) in [6.07, 6.45) is 0. The lowest BCUT2D eigenvalue weighted by Crippen LogP contribution is -2.15. The van der Waals surface area contributed by atoms with E-state index in [4.69, 9.17) is 4.74 Å². The van der Waals surface area contributed by atoms with Crippen molar-refractivity contribution in [3.8, 4) is 5.75 Å². The van der Waals surface area contributed by atoms with Gasteiger partial charge in [0.2, 0.25) is 0 Å². The molecular formula is C15H11N3O2. The Bertz CT molecular complexity index is 1010. The summed E-state index contributed by atoms with van der Waals surface area (Å²) in [7, 11) is 1.62. The maximum Gasteiger partial charge on any atom is 0.332 e. The average molecular weight is 265 g/mol. The number of benzene rings is 2. The predicted molar refractivity (Wildman–Crippen MR) is 77.4 cm³/mol. The molecule has 4 aromatic rings. The molecule has 0 unspecified atom stereocenters. The number of rotatable bonds is 1. The molecule has 0 atom stereocenters. The van der Waals surface area contributed by atoms with E-state index in [0.717, 1.165) is 27.7 Å². The second-order valence-electron chi connectivity index (χ2n) is 4.60. The van der Waals surface area contributed by atoms with Crippen LogP contribution in [-0.2, 0) is 0 Å². The third-order valence-electron chi connectivity index (χ3n) is 3.47. The number of nitrogens with one attached hydrogen (secondary N) is 1. The number of hydrogen-bond acceptors (Lipinski definition) is 3. The minimum absolute atomic E-state index is 0.189. The molecule has 5 heteroatoms. The lowest BCUT2D eigenvalue weighted by atomic mass is 10.2. The van der Waals surface area contributed by atoms with Gasteiger partial charge in [-0.1, -0.05) is 12.1 Å². The van der Waals surface area contributed by atoms with E-state index in [9.17, 15) is 4.79 Å². The first kappa shape index (κ1) is 11.0. The van der Waals surface area contributed by atoms with E-state index in [1.54, 1.807) is 11.5 Å². The highest BCUT2D eigenvalue weighted by Crippen LogP contribution is 2.24. The van der Waals surface area contributed by atoms with Crippen molar-refractivity contribution in [1.82, 2.24) is 14.4 Å². The van der Waals surface area contributed by atoms with Gasteiger partial charge < -0.3 is 9.72 Å². The molecule has 0 saturated heterocycles. The summed E-state index contributed by atoms with van der Waals surface area (Å²) in [4.78, 5) is 19.7. The van der Waals surface area contributed by atoms with Crippen LogP contribution < -0.4 is 10.4 Å². The maximum atomic E-state index is 12.3. The lowest BCUT2D eigenvalue weighted by Gasteiger charge is -2.03. The Morgan fingerprint density at radius 1 is 1.20 bits per heavy atom. The van der Waals surface area contributed by atoms with Gasteiger partial charge in [-0.25, -0.2) is 14.2 Å².